The van der Waals surface area contributed by atoms with Gasteiger partial charge in [-0.25, -0.2) is 0 Å². The average Bonchev–Trinajstić information content (AvgIpc) is 2.79. The lowest BCUT2D eigenvalue weighted by molar-refractivity contribution is 0.333. The van der Waals surface area contributed by atoms with Gasteiger partial charge in [0.2, 0.25) is 0 Å². The summed E-state index contributed by atoms with van der Waals surface area (Å²) in [6.07, 6.45) is 2.20. The Hall–Kier alpha value is -0.930. The molecular formula is C14H20ClNO2. The standard InChI is InChI=1S/C14H20ClNO2/c1-9-8-10(17-3)13(18-4)11(12(9)15)14(2)6-5-7-16-14/h8,16H,5-7H2,1-4H3. The Morgan fingerprint density at radius 1 is 1.33 bits per heavy atom. The van der Waals surface area contributed by atoms with Crippen molar-refractivity contribution in [1.29, 1.82) is 0 Å². The highest BCUT2D eigenvalue weighted by Crippen LogP contribution is 2.46. The predicted molar refractivity (Wildman–Crippen MR) is 73.9 cm³/mol. The molecule has 3 nitrogen and oxygen atoms in total. The summed E-state index contributed by atoms with van der Waals surface area (Å²) in [6.45, 7) is 5.17. The summed E-state index contributed by atoms with van der Waals surface area (Å²) in [5.41, 5.74) is 1.89. The second-order valence-corrected chi connectivity index (χ2v) is 5.36. The van der Waals surface area contributed by atoms with E-state index in [1.54, 1.807) is 14.2 Å². The van der Waals surface area contributed by atoms with E-state index in [-0.39, 0.29) is 5.54 Å². The van der Waals surface area contributed by atoms with Crippen LogP contribution in [0.4, 0.5) is 0 Å². The fourth-order valence-corrected chi connectivity index (χ4v) is 3.05. The summed E-state index contributed by atoms with van der Waals surface area (Å²) in [4.78, 5) is 0. The minimum Gasteiger partial charge on any atom is -0.493 e. The molecule has 0 radical (unpaired) electrons. The first-order valence-corrected chi connectivity index (χ1v) is 6.58. The molecule has 1 aliphatic heterocycles. The third kappa shape index (κ3) is 2.06. The quantitative estimate of drug-likeness (QED) is 0.914. The highest BCUT2D eigenvalue weighted by atomic mass is 35.5. The molecule has 1 fully saturated rings. The van der Waals surface area contributed by atoms with Gasteiger partial charge in [-0.3, -0.25) is 0 Å². The molecule has 1 saturated heterocycles. The fourth-order valence-electron chi connectivity index (χ4n) is 2.70. The Bertz CT molecular complexity index is 454. The summed E-state index contributed by atoms with van der Waals surface area (Å²) in [7, 11) is 3.31. The van der Waals surface area contributed by atoms with Crippen molar-refractivity contribution in [2.75, 3.05) is 20.8 Å². The molecule has 0 aromatic heterocycles. The van der Waals surface area contributed by atoms with Crippen molar-refractivity contribution < 1.29 is 9.47 Å². The first kappa shape index (κ1) is 13.5. The topological polar surface area (TPSA) is 30.5 Å². The van der Waals surface area contributed by atoms with E-state index in [4.69, 9.17) is 21.1 Å². The zero-order valence-corrected chi connectivity index (χ0v) is 12.1. The number of halogens is 1. The minimum absolute atomic E-state index is 0.137. The number of nitrogens with one attached hydrogen (secondary N) is 1. The predicted octanol–water partition coefficient (Wildman–Crippen LogP) is 3.26. The molecule has 1 heterocycles. The maximum atomic E-state index is 6.50. The molecule has 0 amide bonds. The zero-order chi connectivity index (χ0) is 13.3. The van der Waals surface area contributed by atoms with Crippen molar-refractivity contribution in [1.82, 2.24) is 5.32 Å². The number of hydrogen-bond acceptors (Lipinski definition) is 3. The van der Waals surface area contributed by atoms with E-state index in [9.17, 15) is 0 Å². The van der Waals surface area contributed by atoms with Crippen LogP contribution in [0.3, 0.4) is 0 Å². The largest absolute Gasteiger partial charge is 0.493 e. The van der Waals surface area contributed by atoms with Crippen molar-refractivity contribution in [2.24, 2.45) is 0 Å². The van der Waals surface area contributed by atoms with Crippen LogP contribution in [0, 0.1) is 6.92 Å². The SMILES string of the molecule is COc1cc(C)c(Cl)c(C2(C)CCCN2)c1OC. The number of hydrogen-bond donors (Lipinski definition) is 1. The van der Waals surface area contributed by atoms with Gasteiger partial charge in [-0.05, 0) is 44.9 Å². The molecule has 1 aliphatic rings. The molecular weight excluding hydrogens is 250 g/mol. The van der Waals surface area contributed by atoms with Gasteiger partial charge in [0.15, 0.2) is 11.5 Å². The third-order valence-corrected chi connectivity index (χ3v) is 4.20. The fraction of sp³-hybridized carbons (Fsp3) is 0.571. The summed E-state index contributed by atoms with van der Waals surface area (Å²) in [6, 6.07) is 1.92. The molecule has 18 heavy (non-hydrogen) atoms. The van der Waals surface area contributed by atoms with Crippen molar-refractivity contribution in [2.45, 2.75) is 32.2 Å². The molecule has 100 valence electrons. The molecule has 4 heteroatoms. The van der Waals surface area contributed by atoms with Crippen LogP contribution in [0.5, 0.6) is 11.5 Å². The number of ether oxygens (including phenoxy) is 2. The van der Waals surface area contributed by atoms with Crippen LogP contribution in [0.15, 0.2) is 6.07 Å². The van der Waals surface area contributed by atoms with Gasteiger partial charge in [0, 0.05) is 11.1 Å². The molecule has 0 aliphatic carbocycles. The van der Waals surface area contributed by atoms with E-state index in [2.05, 4.69) is 12.2 Å². The number of rotatable bonds is 3. The zero-order valence-electron chi connectivity index (χ0n) is 11.4. The lowest BCUT2D eigenvalue weighted by Crippen LogP contribution is -2.34. The second kappa shape index (κ2) is 4.98. The van der Waals surface area contributed by atoms with Crippen LogP contribution < -0.4 is 14.8 Å². The second-order valence-electron chi connectivity index (χ2n) is 4.98. The maximum Gasteiger partial charge on any atom is 0.167 e. The van der Waals surface area contributed by atoms with Crippen molar-refractivity contribution in [3.63, 3.8) is 0 Å². The van der Waals surface area contributed by atoms with Crippen molar-refractivity contribution in [3.8, 4) is 11.5 Å². The lowest BCUT2D eigenvalue weighted by atomic mass is 9.88. The molecule has 0 bridgehead atoms. The summed E-state index contributed by atoms with van der Waals surface area (Å²) >= 11 is 6.50. The van der Waals surface area contributed by atoms with E-state index < -0.39 is 0 Å². The van der Waals surface area contributed by atoms with Gasteiger partial charge in [0.1, 0.15) is 0 Å². The molecule has 0 saturated carbocycles. The van der Waals surface area contributed by atoms with Crippen molar-refractivity contribution in [3.05, 3.63) is 22.2 Å². The van der Waals surface area contributed by atoms with E-state index in [0.29, 0.717) is 0 Å². The van der Waals surface area contributed by atoms with E-state index >= 15 is 0 Å². The van der Waals surface area contributed by atoms with Gasteiger partial charge < -0.3 is 14.8 Å². The Kier molecular flexibility index (Phi) is 3.74. The summed E-state index contributed by atoms with van der Waals surface area (Å²) in [5, 5.41) is 4.29. The third-order valence-electron chi connectivity index (χ3n) is 3.71. The van der Waals surface area contributed by atoms with E-state index in [1.807, 2.05) is 13.0 Å². The Balaban J connectivity index is 2.66. The van der Waals surface area contributed by atoms with Gasteiger partial charge in [-0.15, -0.1) is 0 Å². The normalized spacial score (nSPS) is 23.2. The molecule has 1 aromatic carbocycles. The Labute approximate surface area is 113 Å². The molecule has 1 N–H and O–H groups in total. The molecule has 0 spiro atoms. The smallest absolute Gasteiger partial charge is 0.167 e. The van der Waals surface area contributed by atoms with E-state index in [1.165, 1.54) is 0 Å². The van der Waals surface area contributed by atoms with Gasteiger partial charge in [-0.2, -0.15) is 0 Å². The summed E-state index contributed by atoms with van der Waals surface area (Å²) < 4.78 is 10.9. The number of benzene rings is 1. The highest BCUT2D eigenvalue weighted by molar-refractivity contribution is 6.32. The molecule has 2 rings (SSSR count). The van der Waals surface area contributed by atoms with Gasteiger partial charge in [-0.1, -0.05) is 11.6 Å². The molecule has 1 aromatic rings. The van der Waals surface area contributed by atoms with Crippen LogP contribution in [-0.4, -0.2) is 20.8 Å². The first-order valence-electron chi connectivity index (χ1n) is 6.20. The molecule has 1 atom stereocenters. The monoisotopic (exact) mass is 269 g/mol. The van der Waals surface area contributed by atoms with Gasteiger partial charge >= 0.3 is 0 Å². The Morgan fingerprint density at radius 2 is 2.06 bits per heavy atom. The van der Waals surface area contributed by atoms with Crippen LogP contribution in [0.25, 0.3) is 0 Å². The van der Waals surface area contributed by atoms with Gasteiger partial charge in [0.25, 0.3) is 0 Å². The van der Waals surface area contributed by atoms with Crippen LogP contribution in [0.1, 0.15) is 30.9 Å². The van der Waals surface area contributed by atoms with Crippen LogP contribution in [-0.2, 0) is 5.54 Å². The van der Waals surface area contributed by atoms with E-state index in [0.717, 1.165) is 47.0 Å². The first-order chi connectivity index (χ1) is 8.53. The Morgan fingerprint density at radius 3 is 2.56 bits per heavy atom. The van der Waals surface area contributed by atoms with Crippen molar-refractivity contribution >= 4 is 11.6 Å². The molecule has 1 unspecified atom stereocenters. The average molecular weight is 270 g/mol. The van der Waals surface area contributed by atoms with Gasteiger partial charge in [0.05, 0.1) is 19.2 Å². The van der Waals surface area contributed by atoms with Crippen LogP contribution in [0.2, 0.25) is 5.02 Å². The summed E-state index contributed by atoms with van der Waals surface area (Å²) in [5.74, 6) is 1.48. The maximum absolute atomic E-state index is 6.50. The highest BCUT2D eigenvalue weighted by Gasteiger charge is 2.36. The lowest BCUT2D eigenvalue weighted by Gasteiger charge is -2.29. The van der Waals surface area contributed by atoms with Crippen LogP contribution >= 0.6 is 11.6 Å². The number of aryl methyl sites for hydroxylation is 1. The number of methoxy groups -OCH3 is 2. The minimum atomic E-state index is -0.137.